The fourth-order valence-corrected chi connectivity index (χ4v) is 5.46. The van der Waals surface area contributed by atoms with Crippen molar-refractivity contribution in [2.75, 3.05) is 6.61 Å². The first-order chi connectivity index (χ1) is 18.4. The minimum atomic E-state index is -0.377. The van der Waals surface area contributed by atoms with Crippen LogP contribution in [0.15, 0.2) is 48.7 Å². The van der Waals surface area contributed by atoms with Crippen molar-refractivity contribution >= 4 is 23.2 Å². The maximum atomic E-state index is 13.4. The number of carbonyl (C=O) groups is 3. The largest absolute Gasteiger partial charge is 0.493 e. The quantitative estimate of drug-likeness (QED) is 0.385. The fourth-order valence-electron chi connectivity index (χ4n) is 5.46. The summed E-state index contributed by atoms with van der Waals surface area (Å²) < 4.78 is 6.98. The summed E-state index contributed by atoms with van der Waals surface area (Å²) in [6.45, 7) is 4.53. The molecule has 6 rings (SSSR count). The van der Waals surface area contributed by atoms with Gasteiger partial charge in [0, 0.05) is 30.7 Å². The first-order valence-electron chi connectivity index (χ1n) is 12.7. The molecule has 9 nitrogen and oxygen atoms in total. The van der Waals surface area contributed by atoms with Gasteiger partial charge in [0.25, 0.3) is 11.8 Å². The summed E-state index contributed by atoms with van der Waals surface area (Å²) in [6.07, 6.45) is 3.92. The highest BCUT2D eigenvalue weighted by Crippen LogP contribution is 2.35. The molecule has 0 radical (unpaired) electrons. The van der Waals surface area contributed by atoms with Gasteiger partial charge in [0.1, 0.15) is 17.1 Å². The molecule has 2 aromatic heterocycles. The molecule has 3 heterocycles. The van der Waals surface area contributed by atoms with Gasteiger partial charge in [-0.1, -0.05) is 24.3 Å². The van der Waals surface area contributed by atoms with Crippen LogP contribution in [0.5, 0.6) is 5.75 Å². The number of hydrogen-bond acceptors (Lipinski definition) is 6. The Bertz CT molecular complexity index is 1620. The van der Waals surface area contributed by atoms with Crippen molar-refractivity contribution in [1.82, 2.24) is 25.2 Å². The molecular formula is C29H27N5O4. The molecule has 4 aromatic rings. The van der Waals surface area contributed by atoms with E-state index in [2.05, 4.69) is 20.7 Å². The SMILES string of the molecule is CC(=O)c1ccc2c(c1C)CC[C@@H]2NC(=O)c1cc(C(=O)NCc2ccc3c(c2)CCO3)nc2ccnn12. The molecule has 0 bridgehead atoms. The molecule has 2 amide bonds. The van der Waals surface area contributed by atoms with Crippen LogP contribution in [0.4, 0.5) is 0 Å². The van der Waals surface area contributed by atoms with Crippen LogP contribution in [0, 0.1) is 6.92 Å². The van der Waals surface area contributed by atoms with E-state index in [0.29, 0.717) is 24.4 Å². The zero-order valence-corrected chi connectivity index (χ0v) is 21.2. The zero-order valence-electron chi connectivity index (χ0n) is 21.2. The van der Waals surface area contributed by atoms with E-state index in [1.54, 1.807) is 19.2 Å². The summed E-state index contributed by atoms with van der Waals surface area (Å²) >= 11 is 0. The first-order valence-corrected chi connectivity index (χ1v) is 12.7. The van der Waals surface area contributed by atoms with E-state index in [1.165, 1.54) is 10.6 Å². The number of rotatable bonds is 6. The average molecular weight is 510 g/mol. The summed E-state index contributed by atoms with van der Waals surface area (Å²) in [4.78, 5) is 42.8. The van der Waals surface area contributed by atoms with E-state index in [0.717, 1.165) is 52.8 Å². The van der Waals surface area contributed by atoms with E-state index in [1.807, 2.05) is 37.3 Å². The highest BCUT2D eigenvalue weighted by Gasteiger charge is 2.28. The van der Waals surface area contributed by atoms with Crippen LogP contribution in [0.25, 0.3) is 5.65 Å². The third kappa shape index (κ3) is 4.19. The molecule has 0 spiro atoms. The molecule has 2 N–H and O–H groups in total. The average Bonchev–Trinajstić information content (AvgIpc) is 3.66. The Morgan fingerprint density at radius 3 is 2.79 bits per heavy atom. The second-order valence-corrected chi connectivity index (χ2v) is 9.78. The van der Waals surface area contributed by atoms with Crippen LogP contribution < -0.4 is 15.4 Å². The van der Waals surface area contributed by atoms with Gasteiger partial charge in [-0.25, -0.2) is 9.50 Å². The normalized spacial score (nSPS) is 15.6. The van der Waals surface area contributed by atoms with Gasteiger partial charge < -0.3 is 15.4 Å². The standard InChI is InChI=1S/C29H27N5O4/c1-16-20(17(2)35)4-5-22-21(16)6-7-23(22)33-29(37)25-14-24(32-27-9-11-31-34(25)27)28(36)30-15-18-3-8-26-19(13-18)10-12-38-26/h3-5,8-9,11,13-14,23H,6-7,10,12,15H2,1-2H3,(H,30,36)(H,33,37)/t23-/m0/s1. The zero-order chi connectivity index (χ0) is 26.4. The van der Waals surface area contributed by atoms with Crippen LogP contribution >= 0.6 is 0 Å². The van der Waals surface area contributed by atoms with Crippen LogP contribution in [-0.2, 0) is 19.4 Å². The predicted molar refractivity (Wildman–Crippen MR) is 140 cm³/mol. The molecule has 192 valence electrons. The lowest BCUT2D eigenvalue weighted by atomic mass is 9.96. The second kappa shape index (κ2) is 9.41. The second-order valence-electron chi connectivity index (χ2n) is 9.78. The lowest BCUT2D eigenvalue weighted by Crippen LogP contribution is -2.30. The van der Waals surface area contributed by atoms with Gasteiger partial charge in [-0.15, -0.1) is 0 Å². The topological polar surface area (TPSA) is 115 Å². The lowest BCUT2D eigenvalue weighted by Gasteiger charge is -2.16. The third-order valence-corrected chi connectivity index (χ3v) is 7.41. The molecule has 2 aromatic carbocycles. The summed E-state index contributed by atoms with van der Waals surface area (Å²) in [6, 6.07) is 12.6. The Kier molecular flexibility index (Phi) is 5.90. The molecule has 1 aliphatic heterocycles. The number of nitrogens with one attached hydrogen (secondary N) is 2. The molecular weight excluding hydrogens is 482 g/mol. The van der Waals surface area contributed by atoms with E-state index in [9.17, 15) is 14.4 Å². The molecule has 0 unspecified atom stereocenters. The number of amides is 2. The Balaban J connectivity index is 1.22. The summed E-state index contributed by atoms with van der Waals surface area (Å²) in [5, 5.41) is 10.2. The van der Waals surface area contributed by atoms with E-state index in [4.69, 9.17) is 4.74 Å². The minimum absolute atomic E-state index is 0.0339. The first kappa shape index (κ1) is 23.8. The van der Waals surface area contributed by atoms with Crippen molar-refractivity contribution < 1.29 is 19.1 Å². The molecule has 1 aliphatic carbocycles. The van der Waals surface area contributed by atoms with Gasteiger partial charge in [-0.3, -0.25) is 14.4 Å². The van der Waals surface area contributed by atoms with Crippen LogP contribution in [0.2, 0.25) is 0 Å². The van der Waals surface area contributed by atoms with E-state index in [-0.39, 0.29) is 35.0 Å². The van der Waals surface area contributed by atoms with Crippen molar-refractivity contribution in [3.05, 3.63) is 93.4 Å². The van der Waals surface area contributed by atoms with Crippen molar-refractivity contribution in [1.29, 1.82) is 0 Å². The molecule has 1 atom stereocenters. The van der Waals surface area contributed by atoms with E-state index < -0.39 is 0 Å². The van der Waals surface area contributed by atoms with Crippen LogP contribution in [0.1, 0.15) is 78.5 Å². The maximum absolute atomic E-state index is 13.4. The molecule has 38 heavy (non-hydrogen) atoms. The monoisotopic (exact) mass is 509 g/mol. The Labute approximate surface area is 219 Å². The number of aromatic nitrogens is 3. The highest BCUT2D eigenvalue weighted by atomic mass is 16.5. The summed E-state index contributed by atoms with van der Waals surface area (Å²) in [5.41, 5.74) is 6.69. The number of Topliss-reactive ketones (excluding diaryl/α,β-unsaturated/α-hetero) is 1. The number of ether oxygens (including phenoxy) is 1. The van der Waals surface area contributed by atoms with Gasteiger partial charge in [0.05, 0.1) is 18.8 Å². The molecule has 9 heteroatoms. The molecule has 0 saturated carbocycles. The van der Waals surface area contributed by atoms with Crippen molar-refractivity contribution in [2.24, 2.45) is 0 Å². The van der Waals surface area contributed by atoms with Gasteiger partial charge in [0.2, 0.25) is 0 Å². The maximum Gasteiger partial charge on any atom is 0.270 e. The van der Waals surface area contributed by atoms with Crippen molar-refractivity contribution in [3.63, 3.8) is 0 Å². The number of nitrogens with zero attached hydrogens (tertiary/aromatic N) is 3. The number of ketones is 1. The fraction of sp³-hybridized carbons (Fsp3) is 0.276. The smallest absolute Gasteiger partial charge is 0.270 e. The van der Waals surface area contributed by atoms with Crippen LogP contribution in [-0.4, -0.2) is 38.8 Å². The Morgan fingerprint density at radius 1 is 1.08 bits per heavy atom. The Hall–Kier alpha value is -4.53. The van der Waals surface area contributed by atoms with Crippen molar-refractivity contribution in [3.8, 4) is 5.75 Å². The van der Waals surface area contributed by atoms with Gasteiger partial charge in [-0.2, -0.15) is 5.10 Å². The summed E-state index contributed by atoms with van der Waals surface area (Å²) in [7, 11) is 0. The summed E-state index contributed by atoms with van der Waals surface area (Å²) in [5.74, 6) is 0.201. The van der Waals surface area contributed by atoms with E-state index >= 15 is 0 Å². The highest BCUT2D eigenvalue weighted by molar-refractivity contribution is 5.99. The van der Waals surface area contributed by atoms with Crippen LogP contribution in [0.3, 0.4) is 0 Å². The minimum Gasteiger partial charge on any atom is -0.493 e. The van der Waals surface area contributed by atoms with Gasteiger partial charge in [0.15, 0.2) is 11.4 Å². The number of fused-ring (bicyclic) bond motifs is 3. The number of carbonyl (C=O) groups excluding carboxylic acids is 3. The lowest BCUT2D eigenvalue weighted by molar-refractivity contribution is 0.0927. The number of hydrogen-bond donors (Lipinski definition) is 2. The van der Waals surface area contributed by atoms with Gasteiger partial charge >= 0.3 is 0 Å². The third-order valence-electron chi connectivity index (χ3n) is 7.41. The Morgan fingerprint density at radius 2 is 1.95 bits per heavy atom. The molecule has 0 saturated heterocycles. The van der Waals surface area contributed by atoms with Gasteiger partial charge in [-0.05, 0) is 60.6 Å². The number of benzene rings is 2. The van der Waals surface area contributed by atoms with Crippen molar-refractivity contribution in [2.45, 2.75) is 45.7 Å². The predicted octanol–water partition coefficient (Wildman–Crippen LogP) is 3.52. The molecule has 0 fully saturated rings. The molecule has 2 aliphatic rings.